The minimum Gasteiger partial charge on any atom is -0.376 e. The molecule has 0 unspecified atom stereocenters. The van der Waals surface area contributed by atoms with E-state index in [1.54, 1.807) is 0 Å². The van der Waals surface area contributed by atoms with Crippen molar-refractivity contribution < 1.29 is 14.3 Å². The van der Waals surface area contributed by atoms with Gasteiger partial charge < -0.3 is 14.4 Å². The number of hydrogen-bond donors (Lipinski definition) is 0. The molecule has 0 N–H and O–H groups in total. The third-order valence-corrected chi connectivity index (χ3v) is 3.67. The Morgan fingerprint density at radius 1 is 1.17 bits per heavy atom. The van der Waals surface area contributed by atoms with Gasteiger partial charge in [0.25, 0.3) is 0 Å². The fraction of sp³-hybridized carbons (Fsp3) is 0.923. The van der Waals surface area contributed by atoms with Crippen LogP contribution in [0.4, 0.5) is 0 Å². The molecule has 2 aliphatic heterocycles. The van der Waals surface area contributed by atoms with Gasteiger partial charge >= 0.3 is 0 Å². The minimum absolute atomic E-state index is 0.156. The van der Waals surface area contributed by atoms with Gasteiger partial charge in [-0.3, -0.25) is 9.69 Å². The summed E-state index contributed by atoms with van der Waals surface area (Å²) in [6.45, 7) is 10.3. The number of ether oxygens (including phenoxy) is 2. The first kappa shape index (κ1) is 13.8. The summed E-state index contributed by atoms with van der Waals surface area (Å²) >= 11 is 0. The number of carbonyl (C=O) groups is 1. The Kier molecular flexibility index (Phi) is 4.59. The molecule has 2 saturated heterocycles. The van der Waals surface area contributed by atoms with E-state index in [0.29, 0.717) is 32.3 Å². The molecular weight excluding hydrogens is 232 g/mol. The van der Waals surface area contributed by atoms with E-state index < -0.39 is 0 Å². The summed E-state index contributed by atoms with van der Waals surface area (Å²) < 4.78 is 11.0. The van der Waals surface area contributed by atoms with E-state index in [4.69, 9.17) is 9.47 Å². The van der Waals surface area contributed by atoms with Gasteiger partial charge in [0.05, 0.1) is 32.0 Å². The van der Waals surface area contributed by atoms with Crippen LogP contribution < -0.4 is 0 Å². The molecule has 2 heterocycles. The Labute approximate surface area is 109 Å². The fourth-order valence-electron chi connectivity index (χ4n) is 2.51. The van der Waals surface area contributed by atoms with Crippen LogP contribution in [0.5, 0.6) is 0 Å². The quantitative estimate of drug-likeness (QED) is 0.714. The standard InChI is InChI=1S/C13H24N2O3/c1-10-9-18-12(3)7-15(10)8-13(16)14-4-5-17-11(2)6-14/h10-12H,4-9H2,1-3H3/t10-,11-,12+/m1/s1. The molecule has 5 nitrogen and oxygen atoms in total. The van der Waals surface area contributed by atoms with Crippen LogP contribution in [-0.4, -0.2) is 73.3 Å². The first-order chi connectivity index (χ1) is 8.56. The van der Waals surface area contributed by atoms with E-state index in [1.807, 2.05) is 11.8 Å². The highest BCUT2D eigenvalue weighted by molar-refractivity contribution is 5.78. The van der Waals surface area contributed by atoms with Crippen LogP contribution in [-0.2, 0) is 14.3 Å². The summed E-state index contributed by atoms with van der Waals surface area (Å²) in [5, 5.41) is 0. The van der Waals surface area contributed by atoms with Crippen LogP contribution in [0.1, 0.15) is 20.8 Å². The van der Waals surface area contributed by atoms with Gasteiger partial charge in [0.15, 0.2) is 0 Å². The predicted octanol–water partition coefficient (Wildman–Crippen LogP) is 0.343. The predicted molar refractivity (Wildman–Crippen MR) is 68.4 cm³/mol. The second kappa shape index (κ2) is 5.99. The molecule has 0 spiro atoms. The first-order valence-corrected chi connectivity index (χ1v) is 6.81. The maximum absolute atomic E-state index is 12.3. The highest BCUT2D eigenvalue weighted by Gasteiger charge is 2.28. The molecule has 5 heteroatoms. The van der Waals surface area contributed by atoms with E-state index in [9.17, 15) is 4.79 Å². The lowest BCUT2D eigenvalue weighted by Crippen LogP contribution is -2.53. The average Bonchev–Trinajstić information content (AvgIpc) is 2.34. The van der Waals surface area contributed by atoms with Gasteiger partial charge in [0.2, 0.25) is 5.91 Å². The van der Waals surface area contributed by atoms with E-state index in [2.05, 4.69) is 18.7 Å². The second-order valence-corrected chi connectivity index (χ2v) is 5.44. The summed E-state index contributed by atoms with van der Waals surface area (Å²) in [6, 6.07) is 0.323. The van der Waals surface area contributed by atoms with Gasteiger partial charge in [0.1, 0.15) is 0 Å². The van der Waals surface area contributed by atoms with Crippen molar-refractivity contribution in [2.24, 2.45) is 0 Å². The Hall–Kier alpha value is -0.650. The van der Waals surface area contributed by atoms with E-state index in [-0.39, 0.29) is 18.1 Å². The van der Waals surface area contributed by atoms with Gasteiger partial charge in [-0.25, -0.2) is 0 Å². The molecule has 0 bridgehead atoms. The second-order valence-electron chi connectivity index (χ2n) is 5.44. The van der Waals surface area contributed by atoms with Crippen molar-refractivity contribution in [3.05, 3.63) is 0 Å². The number of carbonyl (C=O) groups excluding carboxylic acids is 1. The number of rotatable bonds is 2. The lowest BCUT2D eigenvalue weighted by atomic mass is 10.2. The van der Waals surface area contributed by atoms with Crippen molar-refractivity contribution in [1.82, 2.24) is 9.80 Å². The number of morpholine rings is 2. The number of hydrogen-bond acceptors (Lipinski definition) is 4. The Bertz CT molecular complexity index is 298. The van der Waals surface area contributed by atoms with Crippen molar-refractivity contribution >= 4 is 5.91 Å². The zero-order valence-corrected chi connectivity index (χ0v) is 11.6. The fourth-order valence-corrected chi connectivity index (χ4v) is 2.51. The summed E-state index contributed by atoms with van der Waals surface area (Å²) in [7, 11) is 0. The van der Waals surface area contributed by atoms with Gasteiger partial charge in [-0.2, -0.15) is 0 Å². The molecule has 0 aromatic carbocycles. The van der Waals surface area contributed by atoms with Crippen molar-refractivity contribution in [2.75, 3.05) is 39.4 Å². The maximum Gasteiger partial charge on any atom is 0.236 e. The largest absolute Gasteiger partial charge is 0.376 e. The van der Waals surface area contributed by atoms with Gasteiger partial charge in [0, 0.05) is 25.7 Å². The Morgan fingerprint density at radius 3 is 2.61 bits per heavy atom. The zero-order chi connectivity index (χ0) is 13.1. The summed E-state index contributed by atoms with van der Waals surface area (Å²) in [5.74, 6) is 0.214. The van der Waals surface area contributed by atoms with Crippen LogP contribution in [0.2, 0.25) is 0 Å². The molecule has 104 valence electrons. The summed E-state index contributed by atoms with van der Waals surface area (Å²) in [6.07, 6.45) is 0.376. The van der Waals surface area contributed by atoms with Crippen molar-refractivity contribution in [3.8, 4) is 0 Å². The first-order valence-electron chi connectivity index (χ1n) is 6.81. The average molecular weight is 256 g/mol. The van der Waals surface area contributed by atoms with Crippen LogP contribution >= 0.6 is 0 Å². The smallest absolute Gasteiger partial charge is 0.236 e. The molecule has 1 amide bonds. The molecule has 2 aliphatic rings. The molecule has 18 heavy (non-hydrogen) atoms. The van der Waals surface area contributed by atoms with Gasteiger partial charge in [-0.1, -0.05) is 0 Å². The third kappa shape index (κ3) is 3.43. The topological polar surface area (TPSA) is 42.0 Å². The van der Waals surface area contributed by atoms with Gasteiger partial charge in [-0.05, 0) is 20.8 Å². The Morgan fingerprint density at radius 2 is 1.89 bits per heavy atom. The van der Waals surface area contributed by atoms with E-state index in [0.717, 1.165) is 13.1 Å². The van der Waals surface area contributed by atoms with Crippen molar-refractivity contribution in [3.63, 3.8) is 0 Å². The van der Waals surface area contributed by atoms with Gasteiger partial charge in [-0.15, -0.1) is 0 Å². The minimum atomic E-state index is 0.156. The number of amides is 1. The molecule has 0 radical (unpaired) electrons. The van der Waals surface area contributed by atoms with Crippen LogP contribution in [0, 0.1) is 0 Å². The SMILES string of the molecule is C[C@@H]1CN(C(=O)CN2C[C@H](C)OC[C@H]2C)CCO1. The normalized spacial score (nSPS) is 34.6. The summed E-state index contributed by atoms with van der Waals surface area (Å²) in [5.41, 5.74) is 0. The zero-order valence-electron chi connectivity index (χ0n) is 11.6. The van der Waals surface area contributed by atoms with Crippen LogP contribution in [0.15, 0.2) is 0 Å². The molecule has 0 aromatic rings. The molecule has 3 atom stereocenters. The monoisotopic (exact) mass is 256 g/mol. The van der Waals surface area contributed by atoms with E-state index >= 15 is 0 Å². The van der Waals surface area contributed by atoms with Crippen molar-refractivity contribution in [1.29, 1.82) is 0 Å². The highest BCUT2D eigenvalue weighted by atomic mass is 16.5. The lowest BCUT2D eigenvalue weighted by molar-refractivity contribution is -0.142. The summed E-state index contributed by atoms with van der Waals surface area (Å²) in [4.78, 5) is 16.4. The number of nitrogens with zero attached hydrogens (tertiary/aromatic N) is 2. The van der Waals surface area contributed by atoms with Crippen molar-refractivity contribution in [2.45, 2.75) is 39.0 Å². The lowest BCUT2D eigenvalue weighted by Gasteiger charge is -2.38. The maximum atomic E-state index is 12.3. The highest BCUT2D eigenvalue weighted by Crippen LogP contribution is 2.12. The molecule has 0 saturated carbocycles. The molecule has 0 aliphatic carbocycles. The molecular formula is C13H24N2O3. The van der Waals surface area contributed by atoms with E-state index in [1.165, 1.54) is 0 Å². The molecule has 2 fully saturated rings. The molecule has 2 rings (SSSR count). The van der Waals surface area contributed by atoms with Crippen LogP contribution in [0.3, 0.4) is 0 Å². The van der Waals surface area contributed by atoms with Crippen LogP contribution in [0.25, 0.3) is 0 Å². The molecule has 0 aromatic heterocycles. The third-order valence-electron chi connectivity index (χ3n) is 3.67. The Balaban J connectivity index is 1.85.